The third-order valence-electron chi connectivity index (χ3n) is 5.57. The minimum atomic E-state index is -3.92. The van der Waals surface area contributed by atoms with Crippen molar-refractivity contribution >= 4 is 38.3 Å². The van der Waals surface area contributed by atoms with Crippen LogP contribution in [0.4, 0.5) is 11.4 Å². The molecule has 9 heteroatoms. The molecule has 5 aromatic rings. The summed E-state index contributed by atoms with van der Waals surface area (Å²) >= 11 is 0. The number of aromatic amines is 1. The lowest BCUT2D eigenvalue weighted by Crippen LogP contribution is -2.18. The summed E-state index contributed by atoms with van der Waals surface area (Å²) in [6.45, 7) is 0. The molecule has 0 fully saturated rings. The Morgan fingerprint density at radius 1 is 0.889 bits per heavy atom. The predicted octanol–water partition coefficient (Wildman–Crippen LogP) is 5.29. The maximum absolute atomic E-state index is 13.1. The number of anilines is 2. The van der Waals surface area contributed by atoms with E-state index < -0.39 is 15.9 Å². The Labute approximate surface area is 208 Å². The molecule has 0 aliphatic rings. The predicted molar refractivity (Wildman–Crippen MR) is 140 cm³/mol. The van der Waals surface area contributed by atoms with Crippen molar-refractivity contribution in [3.63, 3.8) is 0 Å². The molecule has 0 atom stereocenters. The zero-order valence-electron chi connectivity index (χ0n) is 19.2. The highest BCUT2D eigenvalue weighted by Gasteiger charge is 2.19. The van der Waals surface area contributed by atoms with Crippen LogP contribution in [0.15, 0.2) is 102 Å². The van der Waals surface area contributed by atoms with Gasteiger partial charge in [0.1, 0.15) is 11.6 Å². The molecule has 36 heavy (non-hydrogen) atoms. The van der Waals surface area contributed by atoms with E-state index in [-0.39, 0.29) is 16.1 Å². The van der Waals surface area contributed by atoms with Crippen LogP contribution in [0.1, 0.15) is 10.4 Å². The zero-order valence-corrected chi connectivity index (χ0v) is 20.0. The molecule has 1 heterocycles. The molecule has 0 saturated carbocycles. The van der Waals surface area contributed by atoms with Crippen LogP contribution >= 0.6 is 0 Å². The third-order valence-corrected chi connectivity index (χ3v) is 6.95. The Bertz CT molecular complexity index is 1630. The van der Waals surface area contributed by atoms with E-state index in [9.17, 15) is 13.2 Å². The number of rotatable bonds is 7. The molecule has 0 aliphatic carbocycles. The summed E-state index contributed by atoms with van der Waals surface area (Å²) in [4.78, 5) is 21.1. The number of amides is 1. The standard InChI is InChI=1S/C27H22N4O4S/c1-35-20-13-15-21(16-14-20)36(33,34)31-23-10-3-2-9-22(23)27(32)28-19-8-6-7-18(17-19)26-29-24-11-4-5-12-25(24)30-26/h2-17,31H,1H3,(H,28,32)(H,29,30). The molecule has 0 saturated heterocycles. The molecule has 0 aliphatic heterocycles. The lowest BCUT2D eigenvalue weighted by Gasteiger charge is -2.13. The summed E-state index contributed by atoms with van der Waals surface area (Å²) < 4.78 is 33.4. The Morgan fingerprint density at radius 3 is 2.42 bits per heavy atom. The van der Waals surface area contributed by atoms with Gasteiger partial charge in [0.25, 0.3) is 15.9 Å². The van der Waals surface area contributed by atoms with Crippen LogP contribution in [0.5, 0.6) is 5.75 Å². The molecule has 1 aromatic heterocycles. The van der Waals surface area contributed by atoms with E-state index in [2.05, 4.69) is 20.0 Å². The van der Waals surface area contributed by atoms with Gasteiger partial charge in [0, 0.05) is 11.3 Å². The first-order chi connectivity index (χ1) is 17.4. The summed E-state index contributed by atoms with van der Waals surface area (Å²) in [5, 5.41) is 2.85. The Balaban J connectivity index is 1.38. The van der Waals surface area contributed by atoms with Crippen LogP contribution in [-0.4, -0.2) is 31.4 Å². The molecular formula is C27H22N4O4S. The summed E-state index contributed by atoms with van der Waals surface area (Å²) in [6, 6.07) is 27.4. The van der Waals surface area contributed by atoms with Crippen molar-refractivity contribution in [3.8, 4) is 17.1 Å². The van der Waals surface area contributed by atoms with E-state index in [0.717, 1.165) is 16.6 Å². The highest BCUT2D eigenvalue weighted by molar-refractivity contribution is 7.92. The van der Waals surface area contributed by atoms with Gasteiger partial charge in [-0.25, -0.2) is 13.4 Å². The second-order valence-corrected chi connectivity index (χ2v) is 9.65. The molecule has 0 bridgehead atoms. The average Bonchev–Trinajstić information content (AvgIpc) is 3.33. The largest absolute Gasteiger partial charge is 0.497 e. The topological polar surface area (TPSA) is 113 Å². The molecule has 0 radical (unpaired) electrons. The number of imidazole rings is 1. The van der Waals surface area contributed by atoms with Crippen LogP contribution in [0.25, 0.3) is 22.4 Å². The number of ether oxygens (including phenoxy) is 1. The average molecular weight is 499 g/mol. The van der Waals surface area contributed by atoms with Crippen molar-refractivity contribution in [2.75, 3.05) is 17.1 Å². The molecule has 1 amide bonds. The lowest BCUT2D eigenvalue weighted by atomic mass is 10.1. The molecule has 0 spiro atoms. The molecule has 5 rings (SSSR count). The number of fused-ring (bicyclic) bond motifs is 1. The number of hydrogen-bond donors (Lipinski definition) is 3. The third kappa shape index (κ3) is 4.77. The first kappa shape index (κ1) is 23.1. The van der Waals surface area contributed by atoms with Crippen LogP contribution in [-0.2, 0) is 10.0 Å². The van der Waals surface area contributed by atoms with E-state index in [1.54, 1.807) is 48.5 Å². The highest BCUT2D eigenvalue weighted by Crippen LogP contribution is 2.25. The number of nitrogens with one attached hydrogen (secondary N) is 3. The monoisotopic (exact) mass is 498 g/mol. The number of benzene rings is 4. The number of sulfonamides is 1. The van der Waals surface area contributed by atoms with Crippen molar-refractivity contribution < 1.29 is 17.9 Å². The van der Waals surface area contributed by atoms with E-state index in [1.807, 2.05) is 36.4 Å². The number of carbonyl (C=O) groups excluding carboxylic acids is 1. The molecule has 180 valence electrons. The summed E-state index contributed by atoms with van der Waals surface area (Å²) in [5.41, 5.74) is 3.46. The Hall–Kier alpha value is -4.63. The SMILES string of the molecule is COc1ccc(S(=O)(=O)Nc2ccccc2C(=O)Nc2cccc(-c3nc4ccccc4[nH]3)c2)cc1. The Morgan fingerprint density at radius 2 is 1.64 bits per heavy atom. The maximum atomic E-state index is 13.1. The van der Waals surface area contributed by atoms with Crippen LogP contribution in [0.3, 0.4) is 0 Å². The van der Waals surface area contributed by atoms with Gasteiger partial charge in [0.15, 0.2) is 0 Å². The van der Waals surface area contributed by atoms with Crippen LogP contribution < -0.4 is 14.8 Å². The van der Waals surface area contributed by atoms with Gasteiger partial charge < -0.3 is 15.0 Å². The highest BCUT2D eigenvalue weighted by atomic mass is 32.2. The van der Waals surface area contributed by atoms with Gasteiger partial charge >= 0.3 is 0 Å². The fraction of sp³-hybridized carbons (Fsp3) is 0.0370. The number of aromatic nitrogens is 2. The maximum Gasteiger partial charge on any atom is 0.261 e. The van der Waals surface area contributed by atoms with Crippen molar-refractivity contribution in [2.45, 2.75) is 4.90 Å². The Kier molecular flexibility index (Phi) is 6.14. The van der Waals surface area contributed by atoms with E-state index in [0.29, 0.717) is 17.3 Å². The number of nitrogens with zero attached hydrogens (tertiary/aromatic N) is 1. The van der Waals surface area contributed by atoms with Crippen molar-refractivity contribution in [2.24, 2.45) is 0 Å². The summed E-state index contributed by atoms with van der Waals surface area (Å²) in [5.74, 6) is 0.767. The number of carbonyl (C=O) groups is 1. The second kappa shape index (κ2) is 9.55. The van der Waals surface area contributed by atoms with Gasteiger partial charge in [-0.3, -0.25) is 9.52 Å². The summed E-state index contributed by atoms with van der Waals surface area (Å²) in [6.07, 6.45) is 0. The van der Waals surface area contributed by atoms with Gasteiger partial charge in [-0.2, -0.15) is 0 Å². The van der Waals surface area contributed by atoms with Gasteiger partial charge in [-0.1, -0.05) is 36.4 Å². The fourth-order valence-corrected chi connectivity index (χ4v) is 4.84. The molecular weight excluding hydrogens is 476 g/mol. The van der Waals surface area contributed by atoms with Crippen molar-refractivity contribution in [1.29, 1.82) is 0 Å². The molecule has 0 unspecified atom stereocenters. The lowest BCUT2D eigenvalue weighted by molar-refractivity contribution is 0.102. The first-order valence-electron chi connectivity index (χ1n) is 11.1. The number of para-hydroxylation sites is 3. The van der Waals surface area contributed by atoms with Gasteiger partial charge in [0.2, 0.25) is 0 Å². The van der Waals surface area contributed by atoms with Gasteiger partial charge in [0.05, 0.1) is 34.3 Å². The van der Waals surface area contributed by atoms with Crippen molar-refractivity contribution in [3.05, 3.63) is 103 Å². The minimum Gasteiger partial charge on any atom is -0.497 e. The smallest absolute Gasteiger partial charge is 0.261 e. The fourth-order valence-electron chi connectivity index (χ4n) is 3.76. The number of hydrogen-bond acceptors (Lipinski definition) is 5. The van der Waals surface area contributed by atoms with Crippen molar-refractivity contribution in [1.82, 2.24) is 9.97 Å². The number of methoxy groups -OCH3 is 1. The normalized spacial score (nSPS) is 11.2. The molecule has 8 nitrogen and oxygen atoms in total. The van der Waals surface area contributed by atoms with E-state index in [1.165, 1.54) is 19.2 Å². The minimum absolute atomic E-state index is 0.0528. The summed E-state index contributed by atoms with van der Waals surface area (Å²) in [7, 11) is -2.42. The quantitative estimate of drug-likeness (QED) is 0.282. The van der Waals surface area contributed by atoms with Crippen LogP contribution in [0.2, 0.25) is 0 Å². The number of H-pyrrole nitrogens is 1. The van der Waals surface area contributed by atoms with E-state index in [4.69, 9.17) is 4.74 Å². The zero-order chi connectivity index (χ0) is 25.1. The van der Waals surface area contributed by atoms with Gasteiger partial charge in [-0.15, -0.1) is 0 Å². The molecule has 3 N–H and O–H groups in total. The van der Waals surface area contributed by atoms with Gasteiger partial charge in [-0.05, 0) is 60.7 Å². The van der Waals surface area contributed by atoms with Crippen LogP contribution in [0, 0.1) is 0 Å². The van der Waals surface area contributed by atoms with E-state index >= 15 is 0 Å². The first-order valence-corrected chi connectivity index (χ1v) is 12.5. The second-order valence-electron chi connectivity index (χ2n) is 7.96. The molecule has 4 aromatic carbocycles.